The normalized spacial score (nSPS) is 12.0. The number of benzene rings is 2. The van der Waals surface area contributed by atoms with E-state index in [2.05, 4.69) is 5.32 Å². The number of nitrogens with one attached hydrogen (secondary N) is 1. The Bertz CT molecular complexity index is 1110. The Morgan fingerprint density at radius 1 is 1.23 bits per heavy atom. The lowest BCUT2D eigenvalue weighted by Crippen LogP contribution is -2.45. The SMILES string of the molecule is CC(C)[C@H](NC(=O)c1ccc([N+](=O)[O-])cc1Cl)C(=O)OCc1csc2ccccc12. The number of nitro groups is 1. The summed E-state index contributed by atoms with van der Waals surface area (Å²) >= 11 is 7.58. The second-order valence-electron chi connectivity index (χ2n) is 6.98. The van der Waals surface area contributed by atoms with Gasteiger partial charge in [0.15, 0.2) is 0 Å². The minimum absolute atomic E-state index is 0.0459. The zero-order valence-electron chi connectivity index (χ0n) is 16.3. The summed E-state index contributed by atoms with van der Waals surface area (Å²) in [5.41, 5.74) is 0.722. The highest BCUT2D eigenvalue weighted by atomic mass is 35.5. The molecule has 9 heteroatoms. The topological polar surface area (TPSA) is 98.5 Å². The number of hydrogen-bond acceptors (Lipinski definition) is 6. The number of thiophene rings is 1. The molecule has 0 saturated heterocycles. The van der Waals surface area contributed by atoms with Crippen LogP contribution < -0.4 is 5.32 Å². The van der Waals surface area contributed by atoms with Gasteiger partial charge in [-0.1, -0.05) is 43.6 Å². The van der Waals surface area contributed by atoms with E-state index in [0.29, 0.717) is 0 Å². The van der Waals surface area contributed by atoms with Crippen molar-refractivity contribution in [1.29, 1.82) is 0 Å². The standard InChI is InChI=1S/C21H19ClN2O5S/c1-12(2)19(23-20(25)16-8-7-14(24(27)28)9-17(16)22)21(26)29-10-13-11-30-18-6-4-3-5-15(13)18/h3-9,11-12,19H,10H2,1-2H3,(H,23,25)/t19-/m0/s1. The van der Waals surface area contributed by atoms with E-state index in [0.717, 1.165) is 21.7 Å². The van der Waals surface area contributed by atoms with Gasteiger partial charge in [-0.25, -0.2) is 4.79 Å². The van der Waals surface area contributed by atoms with E-state index in [4.69, 9.17) is 16.3 Å². The zero-order valence-corrected chi connectivity index (χ0v) is 17.8. The molecule has 1 amide bonds. The largest absolute Gasteiger partial charge is 0.459 e. The van der Waals surface area contributed by atoms with Crippen molar-refractivity contribution < 1.29 is 19.2 Å². The Balaban J connectivity index is 1.70. The van der Waals surface area contributed by atoms with Crippen LogP contribution in [-0.2, 0) is 16.1 Å². The number of hydrogen-bond donors (Lipinski definition) is 1. The first-order chi connectivity index (χ1) is 14.3. The summed E-state index contributed by atoms with van der Waals surface area (Å²) < 4.78 is 6.57. The molecule has 3 aromatic rings. The number of ether oxygens (including phenoxy) is 1. The summed E-state index contributed by atoms with van der Waals surface area (Å²) in [6.07, 6.45) is 0. The number of esters is 1. The zero-order chi connectivity index (χ0) is 21.8. The van der Waals surface area contributed by atoms with Gasteiger partial charge in [0, 0.05) is 22.4 Å². The van der Waals surface area contributed by atoms with Crippen molar-refractivity contribution in [2.75, 3.05) is 0 Å². The van der Waals surface area contributed by atoms with Crippen LogP contribution in [0.2, 0.25) is 5.02 Å². The summed E-state index contributed by atoms with van der Waals surface area (Å²) in [5, 5.41) is 16.4. The van der Waals surface area contributed by atoms with Crippen molar-refractivity contribution in [3.05, 3.63) is 74.1 Å². The monoisotopic (exact) mass is 446 g/mol. The van der Waals surface area contributed by atoms with E-state index >= 15 is 0 Å². The average molecular weight is 447 g/mol. The summed E-state index contributed by atoms with van der Waals surface area (Å²) in [7, 11) is 0. The molecule has 3 rings (SSSR count). The number of halogens is 1. The fourth-order valence-electron chi connectivity index (χ4n) is 2.90. The summed E-state index contributed by atoms with van der Waals surface area (Å²) in [6, 6.07) is 10.5. The van der Waals surface area contributed by atoms with Crippen LogP contribution in [0.4, 0.5) is 5.69 Å². The Morgan fingerprint density at radius 3 is 2.63 bits per heavy atom. The van der Waals surface area contributed by atoms with Crippen molar-refractivity contribution >= 4 is 50.6 Å². The maximum atomic E-state index is 12.7. The molecule has 1 atom stereocenters. The number of non-ortho nitro benzene ring substituents is 1. The van der Waals surface area contributed by atoms with Gasteiger partial charge >= 0.3 is 5.97 Å². The molecule has 1 aromatic heterocycles. The lowest BCUT2D eigenvalue weighted by atomic mass is 10.0. The lowest BCUT2D eigenvalue weighted by molar-refractivity contribution is -0.384. The molecular weight excluding hydrogens is 428 g/mol. The van der Waals surface area contributed by atoms with Gasteiger partial charge in [-0.15, -0.1) is 11.3 Å². The highest BCUT2D eigenvalue weighted by Gasteiger charge is 2.27. The molecule has 30 heavy (non-hydrogen) atoms. The van der Waals surface area contributed by atoms with Crippen LogP contribution in [0.15, 0.2) is 47.8 Å². The molecule has 0 radical (unpaired) electrons. The van der Waals surface area contributed by atoms with E-state index in [1.165, 1.54) is 12.1 Å². The van der Waals surface area contributed by atoms with Crippen molar-refractivity contribution in [3.8, 4) is 0 Å². The summed E-state index contributed by atoms with van der Waals surface area (Å²) in [4.78, 5) is 35.5. The minimum Gasteiger partial charge on any atom is -0.459 e. The number of fused-ring (bicyclic) bond motifs is 1. The van der Waals surface area contributed by atoms with Crippen LogP contribution in [-0.4, -0.2) is 22.8 Å². The smallest absolute Gasteiger partial charge is 0.329 e. The van der Waals surface area contributed by atoms with Crippen molar-refractivity contribution in [1.82, 2.24) is 5.32 Å². The van der Waals surface area contributed by atoms with E-state index in [9.17, 15) is 19.7 Å². The molecule has 0 fully saturated rings. The average Bonchev–Trinajstić information content (AvgIpc) is 3.12. The lowest BCUT2D eigenvalue weighted by Gasteiger charge is -2.21. The van der Waals surface area contributed by atoms with Gasteiger partial charge < -0.3 is 10.1 Å². The fourth-order valence-corrected chi connectivity index (χ4v) is 4.11. The molecule has 0 saturated carbocycles. The maximum Gasteiger partial charge on any atom is 0.329 e. The number of carbonyl (C=O) groups excluding carboxylic acids is 2. The molecule has 1 heterocycles. The van der Waals surface area contributed by atoms with E-state index in [-0.39, 0.29) is 28.8 Å². The summed E-state index contributed by atoms with van der Waals surface area (Å²) in [5.74, 6) is -1.41. The van der Waals surface area contributed by atoms with Gasteiger partial charge in [-0.3, -0.25) is 14.9 Å². The van der Waals surface area contributed by atoms with Gasteiger partial charge in [-0.05, 0) is 28.8 Å². The Morgan fingerprint density at radius 2 is 1.97 bits per heavy atom. The highest BCUT2D eigenvalue weighted by Crippen LogP contribution is 2.26. The first kappa shape index (κ1) is 21.7. The van der Waals surface area contributed by atoms with Gasteiger partial charge in [-0.2, -0.15) is 0 Å². The number of amides is 1. The molecule has 1 N–H and O–H groups in total. The first-order valence-corrected chi connectivity index (χ1v) is 10.4. The second kappa shape index (κ2) is 9.23. The molecule has 156 valence electrons. The van der Waals surface area contributed by atoms with Crippen LogP contribution in [0.1, 0.15) is 29.8 Å². The number of nitro benzene ring substituents is 1. The number of rotatable bonds is 7. The first-order valence-electron chi connectivity index (χ1n) is 9.14. The van der Waals surface area contributed by atoms with Crippen LogP contribution in [0.5, 0.6) is 0 Å². The Kier molecular flexibility index (Phi) is 6.69. The quantitative estimate of drug-likeness (QED) is 0.314. The van der Waals surface area contributed by atoms with Gasteiger partial charge in [0.05, 0.1) is 15.5 Å². The molecule has 7 nitrogen and oxygen atoms in total. The molecule has 0 aliphatic heterocycles. The van der Waals surface area contributed by atoms with E-state index in [1.54, 1.807) is 25.2 Å². The third-order valence-corrected chi connectivity index (χ3v) is 5.87. The molecule has 0 aliphatic rings. The van der Waals surface area contributed by atoms with E-state index in [1.807, 2.05) is 29.6 Å². The molecule has 0 spiro atoms. The second-order valence-corrected chi connectivity index (χ2v) is 8.30. The van der Waals surface area contributed by atoms with E-state index < -0.39 is 22.8 Å². The maximum absolute atomic E-state index is 12.7. The van der Waals surface area contributed by atoms with Gasteiger partial charge in [0.25, 0.3) is 11.6 Å². The van der Waals surface area contributed by atoms with Crippen molar-refractivity contribution in [2.24, 2.45) is 5.92 Å². The molecule has 2 aromatic carbocycles. The molecule has 0 aliphatic carbocycles. The van der Waals surface area contributed by atoms with Crippen LogP contribution in [0.25, 0.3) is 10.1 Å². The Hall–Kier alpha value is -2.97. The number of carbonyl (C=O) groups is 2. The van der Waals surface area contributed by atoms with Crippen LogP contribution in [0, 0.1) is 16.0 Å². The van der Waals surface area contributed by atoms with Crippen LogP contribution >= 0.6 is 22.9 Å². The number of nitrogens with zero attached hydrogens (tertiary/aromatic N) is 1. The predicted molar refractivity (Wildman–Crippen MR) is 116 cm³/mol. The Labute approximate surface area is 181 Å². The minimum atomic E-state index is -0.895. The van der Waals surface area contributed by atoms with Crippen molar-refractivity contribution in [3.63, 3.8) is 0 Å². The van der Waals surface area contributed by atoms with Crippen LogP contribution in [0.3, 0.4) is 0 Å². The highest BCUT2D eigenvalue weighted by molar-refractivity contribution is 7.17. The third-order valence-electron chi connectivity index (χ3n) is 4.55. The predicted octanol–water partition coefficient (Wildman–Crippen LogP) is 4.96. The third kappa shape index (κ3) is 4.77. The van der Waals surface area contributed by atoms with Gasteiger partial charge in [0.2, 0.25) is 0 Å². The van der Waals surface area contributed by atoms with Gasteiger partial charge in [0.1, 0.15) is 12.6 Å². The molecular formula is C21H19ClN2O5S. The fraction of sp³-hybridized carbons (Fsp3) is 0.238. The molecule has 0 unspecified atom stereocenters. The molecule has 0 bridgehead atoms. The summed E-state index contributed by atoms with van der Waals surface area (Å²) in [6.45, 7) is 3.66. The van der Waals surface area contributed by atoms with Crippen molar-refractivity contribution in [2.45, 2.75) is 26.5 Å².